The molecule has 3 rings (SSSR count). The molecule has 32 heavy (non-hydrogen) atoms. The molecular weight excluding hydrogens is 451 g/mol. The lowest BCUT2D eigenvalue weighted by molar-refractivity contribution is -0.274. The molecule has 0 aromatic heterocycles. The topological polar surface area (TPSA) is 90.9 Å². The SMILES string of the molecule is CCOC(=O)C1(S(=O)(=O)c2ccc(Oc3ccc(OC(F)(F)F)cc3)cc2)CCNCC1. The van der Waals surface area contributed by atoms with Crippen LogP contribution in [0.5, 0.6) is 17.2 Å². The van der Waals surface area contributed by atoms with Crippen LogP contribution in [0.4, 0.5) is 13.2 Å². The maximum absolute atomic E-state index is 13.4. The molecule has 7 nitrogen and oxygen atoms in total. The van der Waals surface area contributed by atoms with Crippen molar-refractivity contribution in [3.63, 3.8) is 0 Å². The Hall–Kier alpha value is -2.79. The van der Waals surface area contributed by atoms with Crippen molar-refractivity contribution in [2.24, 2.45) is 0 Å². The summed E-state index contributed by atoms with van der Waals surface area (Å²) in [6, 6.07) is 10.3. The van der Waals surface area contributed by atoms with Gasteiger partial charge in [-0.25, -0.2) is 8.42 Å². The van der Waals surface area contributed by atoms with Gasteiger partial charge in [0.25, 0.3) is 0 Å². The van der Waals surface area contributed by atoms with Crippen LogP contribution >= 0.6 is 0 Å². The lowest BCUT2D eigenvalue weighted by atomic mass is 9.97. The van der Waals surface area contributed by atoms with Crippen LogP contribution in [0.1, 0.15) is 19.8 Å². The standard InChI is InChI=1S/C21H22F3NO6S/c1-2-29-19(26)20(11-13-25-14-12-20)32(27,28)18-9-7-16(8-10-18)30-15-3-5-17(6-4-15)31-21(22,23)24/h3-10,25H,2,11-14H2,1H3. The van der Waals surface area contributed by atoms with E-state index < -0.39 is 32.7 Å². The molecule has 0 amide bonds. The molecule has 1 heterocycles. The fraction of sp³-hybridized carbons (Fsp3) is 0.381. The maximum Gasteiger partial charge on any atom is 0.573 e. The van der Waals surface area contributed by atoms with Gasteiger partial charge >= 0.3 is 12.3 Å². The molecular formula is C21H22F3NO6S. The fourth-order valence-corrected chi connectivity index (χ4v) is 5.40. The Morgan fingerprint density at radius 2 is 1.47 bits per heavy atom. The fourth-order valence-electron chi connectivity index (χ4n) is 3.43. The first-order valence-corrected chi connectivity index (χ1v) is 11.3. The zero-order valence-corrected chi connectivity index (χ0v) is 18.0. The summed E-state index contributed by atoms with van der Waals surface area (Å²) in [5.74, 6) is -0.652. The van der Waals surface area contributed by atoms with E-state index in [0.29, 0.717) is 13.1 Å². The molecule has 0 atom stereocenters. The summed E-state index contributed by atoms with van der Waals surface area (Å²) in [4.78, 5) is 12.6. The minimum atomic E-state index is -4.79. The highest BCUT2D eigenvalue weighted by atomic mass is 32.2. The quantitative estimate of drug-likeness (QED) is 0.611. The first-order valence-electron chi connectivity index (χ1n) is 9.84. The molecule has 1 fully saturated rings. The Balaban J connectivity index is 1.78. The molecule has 0 spiro atoms. The summed E-state index contributed by atoms with van der Waals surface area (Å²) in [5.41, 5.74) is 0. The van der Waals surface area contributed by atoms with Gasteiger partial charge in [0.1, 0.15) is 17.2 Å². The van der Waals surface area contributed by atoms with Gasteiger partial charge in [0.15, 0.2) is 14.6 Å². The molecule has 2 aromatic carbocycles. The highest BCUT2D eigenvalue weighted by molar-refractivity contribution is 7.93. The third kappa shape index (κ3) is 5.16. The van der Waals surface area contributed by atoms with E-state index in [0.717, 1.165) is 12.1 Å². The van der Waals surface area contributed by atoms with Crippen LogP contribution in [0.2, 0.25) is 0 Å². The Labute approximate surface area is 183 Å². The molecule has 2 aromatic rings. The Bertz CT molecular complexity index is 1030. The number of sulfone groups is 1. The number of piperidine rings is 1. The van der Waals surface area contributed by atoms with Gasteiger partial charge in [0.05, 0.1) is 11.5 Å². The third-order valence-corrected chi connectivity index (χ3v) is 7.50. The van der Waals surface area contributed by atoms with Crippen LogP contribution in [-0.4, -0.2) is 45.2 Å². The second kappa shape index (κ2) is 9.37. The number of halogens is 3. The average Bonchev–Trinajstić information content (AvgIpc) is 2.75. The van der Waals surface area contributed by atoms with E-state index in [9.17, 15) is 26.4 Å². The summed E-state index contributed by atoms with van der Waals surface area (Å²) in [7, 11) is -4.05. The number of nitrogens with one attached hydrogen (secondary N) is 1. The molecule has 0 aliphatic carbocycles. The highest BCUT2D eigenvalue weighted by Crippen LogP contribution is 2.36. The van der Waals surface area contributed by atoms with Crippen molar-refractivity contribution in [2.75, 3.05) is 19.7 Å². The van der Waals surface area contributed by atoms with Crippen LogP contribution in [0, 0.1) is 0 Å². The number of esters is 1. The second-order valence-electron chi connectivity index (χ2n) is 7.06. The smallest absolute Gasteiger partial charge is 0.465 e. The Morgan fingerprint density at radius 1 is 0.969 bits per heavy atom. The van der Waals surface area contributed by atoms with E-state index in [4.69, 9.17) is 9.47 Å². The normalized spacial score (nSPS) is 16.2. The number of hydrogen-bond acceptors (Lipinski definition) is 7. The number of carbonyl (C=O) groups excluding carboxylic acids is 1. The number of carbonyl (C=O) groups is 1. The molecule has 0 bridgehead atoms. The van der Waals surface area contributed by atoms with Crippen LogP contribution in [0.15, 0.2) is 53.4 Å². The summed E-state index contributed by atoms with van der Waals surface area (Å²) >= 11 is 0. The molecule has 0 radical (unpaired) electrons. The lowest BCUT2D eigenvalue weighted by Crippen LogP contribution is -2.54. The van der Waals surface area contributed by atoms with Crippen LogP contribution in [0.3, 0.4) is 0 Å². The molecule has 0 unspecified atom stereocenters. The zero-order chi connectivity index (χ0) is 23.4. The third-order valence-electron chi connectivity index (χ3n) is 5.00. The van der Waals surface area contributed by atoms with Crippen molar-refractivity contribution in [1.82, 2.24) is 5.32 Å². The Kier molecular flexibility index (Phi) is 6.99. The summed E-state index contributed by atoms with van der Waals surface area (Å²) in [5, 5.41) is 3.05. The van der Waals surface area contributed by atoms with Crippen LogP contribution < -0.4 is 14.8 Å². The average molecular weight is 473 g/mol. The van der Waals surface area contributed by atoms with Crippen molar-refractivity contribution in [1.29, 1.82) is 0 Å². The largest absolute Gasteiger partial charge is 0.573 e. The van der Waals surface area contributed by atoms with Gasteiger partial charge in [0, 0.05) is 0 Å². The van der Waals surface area contributed by atoms with Gasteiger partial charge in [-0.2, -0.15) is 0 Å². The predicted molar refractivity (Wildman–Crippen MR) is 108 cm³/mol. The van der Waals surface area contributed by atoms with E-state index in [1.165, 1.54) is 36.4 Å². The van der Waals surface area contributed by atoms with Gasteiger partial charge in [-0.05, 0) is 81.4 Å². The molecule has 1 aliphatic heterocycles. The van der Waals surface area contributed by atoms with Gasteiger partial charge in [-0.15, -0.1) is 13.2 Å². The van der Waals surface area contributed by atoms with E-state index in [1.807, 2.05) is 0 Å². The number of rotatable bonds is 7. The molecule has 1 aliphatic rings. The second-order valence-corrected chi connectivity index (χ2v) is 9.32. The van der Waals surface area contributed by atoms with E-state index in [-0.39, 0.29) is 35.8 Å². The first-order chi connectivity index (χ1) is 15.1. The maximum atomic E-state index is 13.4. The molecule has 174 valence electrons. The minimum Gasteiger partial charge on any atom is -0.465 e. The number of alkyl halides is 3. The van der Waals surface area contributed by atoms with Gasteiger partial charge in [0.2, 0.25) is 0 Å². The van der Waals surface area contributed by atoms with Crippen LogP contribution in [-0.2, 0) is 19.4 Å². The van der Waals surface area contributed by atoms with Gasteiger partial charge in [-0.1, -0.05) is 0 Å². The van der Waals surface area contributed by atoms with Gasteiger partial charge in [-0.3, -0.25) is 4.79 Å². The van der Waals surface area contributed by atoms with Crippen molar-refractivity contribution in [3.05, 3.63) is 48.5 Å². The molecule has 1 saturated heterocycles. The van der Waals surface area contributed by atoms with Crippen LogP contribution in [0.25, 0.3) is 0 Å². The van der Waals surface area contributed by atoms with E-state index >= 15 is 0 Å². The van der Waals surface area contributed by atoms with Crippen molar-refractivity contribution in [3.8, 4) is 17.2 Å². The number of ether oxygens (including phenoxy) is 3. The Morgan fingerprint density at radius 3 is 1.97 bits per heavy atom. The molecule has 1 N–H and O–H groups in total. The van der Waals surface area contributed by atoms with Crippen molar-refractivity contribution < 1.29 is 40.6 Å². The summed E-state index contributed by atoms with van der Waals surface area (Å²) < 4.78 is 76.2. The van der Waals surface area contributed by atoms with Gasteiger partial charge < -0.3 is 19.5 Å². The highest BCUT2D eigenvalue weighted by Gasteiger charge is 2.53. The molecule has 11 heteroatoms. The predicted octanol–water partition coefficient (Wildman–Crippen LogP) is 3.84. The first kappa shape index (κ1) is 23.9. The van der Waals surface area contributed by atoms with E-state index in [1.54, 1.807) is 6.92 Å². The monoisotopic (exact) mass is 473 g/mol. The number of benzene rings is 2. The molecule has 0 saturated carbocycles. The number of hydrogen-bond donors (Lipinski definition) is 1. The minimum absolute atomic E-state index is 0.0475. The lowest BCUT2D eigenvalue weighted by Gasteiger charge is -2.34. The summed E-state index contributed by atoms with van der Waals surface area (Å²) in [6.07, 6.45) is -4.60. The van der Waals surface area contributed by atoms with Crippen molar-refractivity contribution in [2.45, 2.75) is 35.8 Å². The summed E-state index contributed by atoms with van der Waals surface area (Å²) in [6.45, 7) is 2.43. The van der Waals surface area contributed by atoms with E-state index in [2.05, 4.69) is 10.1 Å². The van der Waals surface area contributed by atoms with Crippen molar-refractivity contribution >= 4 is 15.8 Å². The zero-order valence-electron chi connectivity index (χ0n) is 17.1.